The molecule has 1 heterocycles. The van der Waals surface area contributed by atoms with Crippen LogP contribution in [0.25, 0.3) is 0 Å². The largest absolute Gasteiger partial charge is 0.322 e. The van der Waals surface area contributed by atoms with Crippen LogP contribution in [0, 0.1) is 10.1 Å². The summed E-state index contributed by atoms with van der Waals surface area (Å²) in [5.74, 6) is -3.22. The van der Waals surface area contributed by atoms with E-state index in [9.17, 15) is 29.3 Å². The molecule has 0 radical (unpaired) electrons. The van der Waals surface area contributed by atoms with Gasteiger partial charge < -0.3 is 5.32 Å². The van der Waals surface area contributed by atoms with Crippen molar-refractivity contribution in [1.82, 2.24) is 5.32 Å². The molecule has 0 unspecified atom stereocenters. The average Bonchev–Trinajstić information content (AvgIpc) is 2.60. The lowest BCUT2D eigenvalue weighted by molar-refractivity contribution is -0.384. The number of amides is 3. The van der Waals surface area contributed by atoms with Crippen LogP contribution in [0.5, 0.6) is 0 Å². The predicted octanol–water partition coefficient (Wildman–Crippen LogP) is 1.30. The highest BCUT2D eigenvalue weighted by molar-refractivity contribution is 6.49. The van der Waals surface area contributed by atoms with Crippen molar-refractivity contribution in [2.75, 3.05) is 5.32 Å². The molecule has 0 aromatic heterocycles. The number of carbonyl (C=O) groups excluding carboxylic acids is 4. The van der Waals surface area contributed by atoms with Crippen LogP contribution in [-0.2, 0) is 4.79 Å². The van der Waals surface area contributed by atoms with Gasteiger partial charge in [-0.2, -0.15) is 0 Å². The van der Waals surface area contributed by atoms with Gasteiger partial charge in [-0.25, -0.2) is 0 Å². The van der Waals surface area contributed by atoms with E-state index < -0.39 is 28.4 Å². The minimum Gasteiger partial charge on any atom is -0.322 e. The van der Waals surface area contributed by atoms with E-state index >= 15 is 0 Å². The molecule has 0 atom stereocenters. The van der Waals surface area contributed by atoms with E-state index in [1.165, 1.54) is 36.4 Å². The molecule has 124 valence electrons. The number of nitro groups is 1. The smallest absolute Gasteiger partial charge is 0.299 e. The van der Waals surface area contributed by atoms with Crippen molar-refractivity contribution < 1.29 is 24.1 Å². The van der Waals surface area contributed by atoms with Gasteiger partial charge in [0, 0.05) is 28.9 Å². The molecule has 0 spiro atoms. The molecule has 3 amide bonds. The van der Waals surface area contributed by atoms with Crippen molar-refractivity contribution >= 4 is 34.9 Å². The summed E-state index contributed by atoms with van der Waals surface area (Å²) >= 11 is 0. The monoisotopic (exact) mass is 339 g/mol. The second kappa shape index (κ2) is 5.96. The summed E-state index contributed by atoms with van der Waals surface area (Å²) < 4.78 is 0. The quantitative estimate of drug-likeness (QED) is 0.374. The Balaban J connectivity index is 1.88. The summed E-state index contributed by atoms with van der Waals surface area (Å²) in [5, 5.41) is 15.1. The highest BCUT2D eigenvalue weighted by Gasteiger charge is 2.30. The van der Waals surface area contributed by atoms with Gasteiger partial charge in [0.15, 0.2) is 0 Å². The van der Waals surface area contributed by atoms with Crippen molar-refractivity contribution in [2.45, 2.75) is 0 Å². The Morgan fingerprint density at radius 1 is 1.00 bits per heavy atom. The van der Waals surface area contributed by atoms with Gasteiger partial charge in [-0.05, 0) is 24.3 Å². The Hall–Kier alpha value is -3.88. The van der Waals surface area contributed by atoms with Gasteiger partial charge >= 0.3 is 0 Å². The van der Waals surface area contributed by atoms with Crippen molar-refractivity contribution in [3.05, 3.63) is 69.3 Å². The van der Waals surface area contributed by atoms with Crippen LogP contribution >= 0.6 is 0 Å². The number of Topliss-reactive ketones (excluding diaryl/α,β-unsaturated/α-hetero) is 1. The van der Waals surface area contributed by atoms with Crippen molar-refractivity contribution in [3.63, 3.8) is 0 Å². The number of benzene rings is 2. The van der Waals surface area contributed by atoms with Crippen molar-refractivity contribution in [3.8, 4) is 0 Å². The van der Waals surface area contributed by atoms with E-state index in [0.717, 1.165) is 6.07 Å². The molecule has 0 bridgehead atoms. The fourth-order valence-electron chi connectivity index (χ4n) is 2.32. The van der Waals surface area contributed by atoms with Crippen LogP contribution < -0.4 is 10.6 Å². The van der Waals surface area contributed by atoms with Gasteiger partial charge in [0.1, 0.15) is 0 Å². The molecule has 0 fully saturated rings. The first-order valence-corrected chi connectivity index (χ1v) is 6.96. The minimum absolute atomic E-state index is 0.0403. The van der Waals surface area contributed by atoms with Crippen LogP contribution in [0.4, 0.5) is 11.4 Å². The van der Waals surface area contributed by atoms with Crippen LogP contribution in [0.2, 0.25) is 0 Å². The third kappa shape index (κ3) is 2.98. The first kappa shape index (κ1) is 16.0. The topological polar surface area (TPSA) is 135 Å². The van der Waals surface area contributed by atoms with Gasteiger partial charge in [0.05, 0.1) is 10.5 Å². The third-order valence-corrected chi connectivity index (χ3v) is 3.52. The fourth-order valence-corrected chi connectivity index (χ4v) is 2.32. The summed E-state index contributed by atoms with van der Waals surface area (Å²) in [6.45, 7) is 0. The lowest BCUT2D eigenvalue weighted by Crippen LogP contribution is -2.42. The summed E-state index contributed by atoms with van der Waals surface area (Å²) in [6, 6.07) is 9.01. The number of hydrogen-bond donors (Lipinski definition) is 2. The molecule has 2 aromatic rings. The number of ketones is 1. The van der Waals surface area contributed by atoms with Crippen LogP contribution in [0.15, 0.2) is 42.5 Å². The van der Waals surface area contributed by atoms with Gasteiger partial charge in [0.2, 0.25) is 0 Å². The molecule has 2 N–H and O–H groups in total. The van der Waals surface area contributed by atoms with Crippen LogP contribution in [0.3, 0.4) is 0 Å². The van der Waals surface area contributed by atoms with E-state index in [2.05, 4.69) is 5.32 Å². The minimum atomic E-state index is -1.01. The molecule has 0 saturated carbocycles. The summed E-state index contributed by atoms with van der Waals surface area (Å²) in [7, 11) is 0. The standard InChI is InChI=1S/C16H9N3O6/c20-13-11-5-4-9(7-12(11)15(22)18-16(13)23)17-14(21)8-2-1-3-10(6-8)19(24)25/h1-7H,(H,17,21)(H,18,22,23). The molecule has 1 aliphatic rings. The van der Waals surface area contributed by atoms with E-state index in [1.54, 1.807) is 0 Å². The number of nitrogens with one attached hydrogen (secondary N) is 2. The number of hydrogen-bond acceptors (Lipinski definition) is 6. The Labute approximate surface area is 139 Å². The van der Waals surface area contributed by atoms with E-state index in [1.807, 2.05) is 5.32 Å². The Morgan fingerprint density at radius 2 is 1.76 bits per heavy atom. The van der Waals surface area contributed by atoms with E-state index in [4.69, 9.17) is 0 Å². The molecule has 9 heteroatoms. The highest BCUT2D eigenvalue weighted by Crippen LogP contribution is 2.21. The number of non-ortho nitro benzene ring substituents is 1. The average molecular weight is 339 g/mol. The van der Waals surface area contributed by atoms with Gasteiger partial charge in [-0.3, -0.25) is 34.6 Å². The number of carbonyl (C=O) groups is 4. The Bertz CT molecular complexity index is 966. The van der Waals surface area contributed by atoms with Crippen LogP contribution in [0.1, 0.15) is 31.1 Å². The first-order chi connectivity index (χ1) is 11.9. The Morgan fingerprint density at radius 3 is 2.48 bits per heavy atom. The van der Waals surface area contributed by atoms with Gasteiger partial charge in [0.25, 0.3) is 29.2 Å². The number of anilines is 1. The number of rotatable bonds is 3. The van der Waals surface area contributed by atoms with Crippen molar-refractivity contribution in [2.24, 2.45) is 0 Å². The molecule has 3 rings (SSSR count). The van der Waals surface area contributed by atoms with Gasteiger partial charge in [-0.1, -0.05) is 6.07 Å². The second-order valence-electron chi connectivity index (χ2n) is 5.13. The van der Waals surface area contributed by atoms with E-state index in [0.29, 0.717) is 0 Å². The zero-order valence-electron chi connectivity index (χ0n) is 12.4. The fraction of sp³-hybridized carbons (Fsp3) is 0. The summed E-state index contributed by atoms with van der Waals surface area (Å²) in [5.41, 5.74) is -0.0692. The van der Waals surface area contributed by atoms with Crippen molar-refractivity contribution in [1.29, 1.82) is 0 Å². The maximum atomic E-state index is 12.2. The maximum absolute atomic E-state index is 12.2. The second-order valence-corrected chi connectivity index (χ2v) is 5.13. The maximum Gasteiger partial charge on any atom is 0.299 e. The molecule has 25 heavy (non-hydrogen) atoms. The molecular weight excluding hydrogens is 330 g/mol. The zero-order valence-corrected chi connectivity index (χ0v) is 12.4. The molecule has 0 saturated heterocycles. The molecule has 2 aromatic carbocycles. The van der Waals surface area contributed by atoms with Gasteiger partial charge in [-0.15, -0.1) is 0 Å². The molecule has 1 aliphatic heterocycles. The molecule has 0 aliphatic carbocycles. The lowest BCUT2D eigenvalue weighted by atomic mass is 9.98. The Kier molecular flexibility index (Phi) is 3.82. The molecule has 9 nitrogen and oxygen atoms in total. The SMILES string of the molecule is O=C1NC(=O)c2cc(NC(=O)c3cccc([N+](=O)[O-])c3)ccc2C1=O. The highest BCUT2D eigenvalue weighted by atomic mass is 16.6. The predicted molar refractivity (Wildman–Crippen MR) is 84.3 cm³/mol. The normalized spacial score (nSPS) is 13.0. The molecular formula is C16H9N3O6. The summed E-state index contributed by atoms with van der Waals surface area (Å²) in [4.78, 5) is 57.1. The zero-order chi connectivity index (χ0) is 18.1. The number of imide groups is 1. The number of fused-ring (bicyclic) bond motifs is 1. The van der Waals surface area contributed by atoms with Crippen LogP contribution in [-0.4, -0.2) is 28.4 Å². The van der Waals surface area contributed by atoms with E-state index in [-0.39, 0.29) is 28.1 Å². The number of nitro benzene ring substituents is 1. The summed E-state index contributed by atoms with van der Waals surface area (Å²) in [6.07, 6.45) is 0. The first-order valence-electron chi connectivity index (χ1n) is 6.96. The third-order valence-electron chi connectivity index (χ3n) is 3.52. The lowest BCUT2D eigenvalue weighted by Gasteiger charge is -2.15. The number of nitrogens with zero attached hydrogens (tertiary/aromatic N) is 1.